The number of halogens is 2. The number of carbonyl (C=O) groups excluding carboxylic acids is 3. The number of amides is 3. The highest BCUT2D eigenvalue weighted by atomic mass is 19.2. The molecule has 6 bridgehead atoms. The van der Waals surface area contributed by atoms with E-state index in [1.807, 2.05) is 4.90 Å². The number of fused-ring (bicyclic) bond motifs is 6. The van der Waals surface area contributed by atoms with Crippen molar-refractivity contribution in [1.29, 1.82) is 0 Å². The molecule has 5 fully saturated rings. The first kappa shape index (κ1) is 29.4. The van der Waals surface area contributed by atoms with E-state index in [0.717, 1.165) is 37.8 Å². The molecule has 6 rings (SSSR count). The topological polar surface area (TPSA) is 135 Å². The number of piperazine rings is 1. The standard InChI is InChI=1S/C29H39F2N5O6/c30-19-6-5-16(9-20(19)31)13-34-7-8-35-15-22(34)28(40)32-12-24-27(39)26(38)23(42-24)11-25(37)33-17-10-21(29(35)41)36(14-17)18-3-1-2-4-18/h5-6,9,17-18,21-24,26-27,38-39H,1-4,7-8,10-15H2,(H,32,40)(H,33,37)/t17-,21-,22-,23-,24+,26-,27+/m0/s1. The van der Waals surface area contributed by atoms with Crippen molar-refractivity contribution in [2.75, 3.05) is 32.7 Å². The molecule has 0 unspecified atom stereocenters. The Kier molecular flexibility index (Phi) is 8.47. The largest absolute Gasteiger partial charge is 0.388 e. The van der Waals surface area contributed by atoms with Crippen LogP contribution in [-0.2, 0) is 25.7 Å². The summed E-state index contributed by atoms with van der Waals surface area (Å²) >= 11 is 0. The van der Waals surface area contributed by atoms with E-state index in [4.69, 9.17) is 4.74 Å². The first-order valence-electron chi connectivity index (χ1n) is 15.0. The van der Waals surface area contributed by atoms with Crippen molar-refractivity contribution in [2.24, 2.45) is 0 Å². The summed E-state index contributed by atoms with van der Waals surface area (Å²) in [4.78, 5) is 46.3. The van der Waals surface area contributed by atoms with Crippen molar-refractivity contribution in [3.63, 3.8) is 0 Å². The fourth-order valence-electron chi connectivity index (χ4n) is 7.34. The van der Waals surface area contributed by atoms with Crippen LogP contribution in [-0.4, -0.2) is 124 Å². The maximum atomic E-state index is 14.1. The molecule has 13 heteroatoms. The van der Waals surface area contributed by atoms with Crippen LogP contribution in [0.1, 0.15) is 44.1 Å². The summed E-state index contributed by atoms with van der Waals surface area (Å²) in [5.74, 6) is -2.74. The number of aliphatic hydroxyl groups excluding tert-OH is 2. The van der Waals surface area contributed by atoms with Crippen molar-refractivity contribution in [3.8, 4) is 0 Å². The van der Waals surface area contributed by atoms with Crippen LogP contribution >= 0.6 is 0 Å². The van der Waals surface area contributed by atoms with Crippen molar-refractivity contribution in [1.82, 2.24) is 25.3 Å². The Morgan fingerprint density at radius 3 is 2.48 bits per heavy atom. The molecule has 3 amide bonds. The SMILES string of the molecule is O=C1C[C@@H]2O[C@H](CNC(=O)[C@@H]3CN(CCN3Cc3ccc(F)c(F)c3)C(=O)[C@@H]3C[C@@H](CN3C3CCCC3)N1)[C@@H](O)[C@H]2O. The summed E-state index contributed by atoms with van der Waals surface area (Å²) in [6.45, 7) is 1.39. The smallest absolute Gasteiger partial charge is 0.240 e. The Bertz CT molecular complexity index is 1200. The number of hydrogen-bond donors (Lipinski definition) is 4. The zero-order valence-electron chi connectivity index (χ0n) is 23.5. The highest BCUT2D eigenvalue weighted by Crippen LogP contribution is 2.32. The number of hydrogen-bond acceptors (Lipinski definition) is 8. The fourth-order valence-corrected chi connectivity index (χ4v) is 7.34. The summed E-state index contributed by atoms with van der Waals surface area (Å²) in [5, 5.41) is 27.0. The molecule has 4 saturated heterocycles. The van der Waals surface area contributed by atoms with Gasteiger partial charge in [-0.3, -0.25) is 24.2 Å². The van der Waals surface area contributed by atoms with Gasteiger partial charge >= 0.3 is 0 Å². The maximum absolute atomic E-state index is 14.1. The Hall–Kier alpha value is -2.71. The lowest BCUT2D eigenvalue weighted by Crippen LogP contribution is -2.62. The molecule has 11 nitrogen and oxygen atoms in total. The van der Waals surface area contributed by atoms with Gasteiger partial charge in [0.25, 0.3) is 0 Å². The van der Waals surface area contributed by atoms with Crippen LogP contribution in [0.4, 0.5) is 8.78 Å². The third kappa shape index (κ3) is 5.89. The molecule has 4 N–H and O–H groups in total. The molecule has 5 aliphatic rings. The summed E-state index contributed by atoms with van der Waals surface area (Å²) in [6.07, 6.45) is -0.0258. The molecule has 0 aromatic heterocycles. The van der Waals surface area contributed by atoms with Gasteiger partial charge in [-0.05, 0) is 37.0 Å². The second-order valence-corrected chi connectivity index (χ2v) is 12.3. The number of benzene rings is 1. The van der Waals surface area contributed by atoms with E-state index in [9.17, 15) is 33.4 Å². The first-order valence-corrected chi connectivity index (χ1v) is 15.0. The minimum atomic E-state index is -1.30. The molecule has 1 aromatic rings. The maximum Gasteiger partial charge on any atom is 0.240 e. The Labute approximate surface area is 243 Å². The Balaban J connectivity index is 1.27. The second-order valence-electron chi connectivity index (χ2n) is 12.3. The van der Waals surface area contributed by atoms with Gasteiger partial charge in [0, 0.05) is 51.4 Å². The van der Waals surface area contributed by atoms with E-state index in [-0.39, 0.29) is 50.0 Å². The monoisotopic (exact) mass is 591 g/mol. The molecule has 42 heavy (non-hydrogen) atoms. The van der Waals surface area contributed by atoms with Crippen LogP contribution < -0.4 is 10.6 Å². The van der Waals surface area contributed by atoms with Crippen molar-refractivity contribution in [2.45, 2.75) is 93.7 Å². The molecule has 230 valence electrons. The lowest BCUT2D eigenvalue weighted by molar-refractivity contribution is -0.143. The van der Waals surface area contributed by atoms with Crippen LogP contribution in [0.2, 0.25) is 0 Å². The molecule has 1 saturated carbocycles. The minimum Gasteiger partial charge on any atom is -0.388 e. The molecule has 4 heterocycles. The lowest BCUT2D eigenvalue weighted by atomic mass is 10.0. The van der Waals surface area contributed by atoms with Crippen LogP contribution in [0.25, 0.3) is 0 Å². The fraction of sp³-hybridized carbons (Fsp3) is 0.690. The Morgan fingerprint density at radius 1 is 0.952 bits per heavy atom. The molecular formula is C29H39F2N5O6. The van der Waals surface area contributed by atoms with E-state index in [1.165, 1.54) is 6.07 Å². The van der Waals surface area contributed by atoms with Gasteiger partial charge < -0.3 is 30.5 Å². The van der Waals surface area contributed by atoms with Gasteiger partial charge in [0.05, 0.1) is 18.6 Å². The van der Waals surface area contributed by atoms with Gasteiger partial charge in [-0.25, -0.2) is 8.78 Å². The van der Waals surface area contributed by atoms with E-state index >= 15 is 0 Å². The second kappa shape index (κ2) is 12.1. The predicted octanol–water partition coefficient (Wildman–Crippen LogP) is -0.512. The number of rotatable bonds is 3. The predicted molar refractivity (Wildman–Crippen MR) is 145 cm³/mol. The van der Waals surface area contributed by atoms with E-state index in [0.29, 0.717) is 31.6 Å². The normalized spacial score (nSPS) is 35.5. The van der Waals surface area contributed by atoms with Gasteiger partial charge in [0.15, 0.2) is 11.6 Å². The zero-order valence-corrected chi connectivity index (χ0v) is 23.5. The summed E-state index contributed by atoms with van der Waals surface area (Å²) in [5.41, 5.74) is 0.496. The third-order valence-corrected chi connectivity index (χ3v) is 9.58. The van der Waals surface area contributed by atoms with Crippen molar-refractivity contribution < 1.29 is 38.1 Å². The van der Waals surface area contributed by atoms with Gasteiger partial charge in [0.1, 0.15) is 24.4 Å². The zero-order chi connectivity index (χ0) is 29.5. The lowest BCUT2D eigenvalue weighted by Gasteiger charge is -2.42. The van der Waals surface area contributed by atoms with E-state index in [1.54, 1.807) is 4.90 Å². The van der Waals surface area contributed by atoms with Crippen LogP contribution in [0.15, 0.2) is 18.2 Å². The van der Waals surface area contributed by atoms with Gasteiger partial charge in [-0.15, -0.1) is 0 Å². The van der Waals surface area contributed by atoms with Crippen molar-refractivity contribution in [3.05, 3.63) is 35.4 Å². The van der Waals surface area contributed by atoms with Crippen molar-refractivity contribution >= 4 is 17.7 Å². The highest BCUT2D eigenvalue weighted by Gasteiger charge is 2.47. The molecular weight excluding hydrogens is 552 g/mol. The summed E-state index contributed by atoms with van der Waals surface area (Å²) in [7, 11) is 0. The average molecular weight is 592 g/mol. The number of nitrogens with zero attached hydrogens (tertiary/aromatic N) is 3. The van der Waals surface area contributed by atoms with Gasteiger partial charge in [0.2, 0.25) is 17.7 Å². The summed E-state index contributed by atoms with van der Waals surface area (Å²) < 4.78 is 33.3. The van der Waals surface area contributed by atoms with E-state index in [2.05, 4.69) is 15.5 Å². The quantitative estimate of drug-likeness (QED) is 0.370. The van der Waals surface area contributed by atoms with E-state index < -0.39 is 54.0 Å². The average Bonchev–Trinajstić information content (AvgIpc) is 3.70. The molecule has 1 aliphatic carbocycles. The van der Waals surface area contributed by atoms with Crippen LogP contribution in [0.3, 0.4) is 0 Å². The molecule has 0 radical (unpaired) electrons. The van der Waals surface area contributed by atoms with Gasteiger partial charge in [-0.2, -0.15) is 0 Å². The molecule has 0 spiro atoms. The number of ether oxygens (including phenoxy) is 1. The van der Waals surface area contributed by atoms with Crippen LogP contribution in [0, 0.1) is 11.6 Å². The van der Waals surface area contributed by atoms with Gasteiger partial charge in [-0.1, -0.05) is 18.9 Å². The minimum absolute atomic E-state index is 0.0785. The molecule has 1 aromatic carbocycles. The number of carbonyl (C=O) groups is 3. The highest BCUT2D eigenvalue weighted by molar-refractivity contribution is 5.86. The first-order chi connectivity index (χ1) is 20.2. The third-order valence-electron chi connectivity index (χ3n) is 9.58. The Morgan fingerprint density at radius 2 is 1.71 bits per heavy atom. The summed E-state index contributed by atoms with van der Waals surface area (Å²) in [6, 6.07) is 2.39. The number of nitrogens with one attached hydrogen (secondary N) is 2. The molecule has 7 atom stereocenters. The van der Waals surface area contributed by atoms with Crippen LogP contribution in [0.5, 0.6) is 0 Å². The molecule has 4 aliphatic heterocycles. The number of likely N-dealkylation sites (tertiary alicyclic amines) is 1. The number of aliphatic hydroxyl groups is 2.